The lowest BCUT2D eigenvalue weighted by atomic mass is 10.1. The number of rotatable bonds is 2. The molecule has 1 fully saturated rings. The van der Waals surface area contributed by atoms with Crippen LogP contribution in [0.2, 0.25) is 0 Å². The van der Waals surface area contributed by atoms with E-state index in [0.29, 0.717) is 25.5 Å². The highest BCUT2D eigenvalue weighted by Crippen LogP contribution is 2.28. The Morgan fingerprint density at radius 1 is 1.29 bits per heavy atom. The van der Waals surface area contributed by atoms with Gasteiger partial charge in [-0.2, -0.15) is 5.10 Å². The minimum atomic E-state index is -0.288. The summed E-state index contributed by atoms with van der Waals surface area (Å²) < 4.78 is 1.86. The highest BCUT2D eigenvalue weighted by molar-refractivity contribution is 5.88. The fourth-order valence-corrected chi connectivity index (χ4v) is 3.13. The van der Waals surface area contributed by atoms with Gasteiger partial charge in [-0.05, 0) is 12.8 Å². The first-order valence-electron chi connectivity index (χ1n) is 7.51. The van der Waals surface area contributed by atoms with Crippen LogP contribution >= 0.6 is 0 Å². The normalized spacial score (nSPS) is 18.4. The number of nitrogens with one attached hydrogen (secondary N) is 2. The number of carbonyl (C=O) groups excluding carboxylic acids is 2. The van der Waals surface area contributed by atoms with Gasteiger partial charge in [0.2, 0.25) is 5.91 Å². The molecule has 114 valence electrons. The van der Waals surface area contributed by atoms with Gasteiger partial charge in [-0.1, -0.05) is 12.8 Å². The first-order chi connectivity index (χ1) is 10.2. The zero-order valence-corrected chi connectivity index (χ0v) is 12.3. The van der Waals surface area contributed by atoms with Crippen molar-refractivity contribution in [3.8, 4) is 0 Å². The molecular formula is C14H21N5O2. The lowest BCUT2D eigenvalue weighted by molar-refractivity contribution is -0.136. The lowest BCUT2D eigenvalue weighted by Crippen LogP contribution is -2.41. The second kappa shape index (κ2) is 5.75. The van der Waals surface area contributed by atoms with Crippen LogP contribution in [0.25, 0.3) is 0 Å². The topological polar surface area (TPSA) is 79.3 Å². The molecule has 3 rings (SSSR count). The molecule has 2 N–H and O–H groups in total. The fourth-order valence-electron chi connectivity index (χ4n) is 3.13. The van der Waals surface area contributed by atoms with E-state index in [0.717, 1.165) is 18.5 Å². The van der Waals surface area contributed by atoms with Crippen molar-refractivity contribution in [2.45, 2.75) is 38.8 Å². The molecule has 7 heteroatoms. The Bertz CT molecular complexity index is 548. The summed E-state index contributed by atoms with van der Waals surface area (Å²) in [6.07, 6.45) is 4.39. The molecule has 0 radical (unpaired) electrons. The molecule has 7 nitrogen and oxygen atoms in total. The van der Waals surface area contributed by atoms with Crippen molar-refractivity contribution in [1.29, 1.82) is 0 Å². The average molecular weight is 291 g/mol. The van der Waals surface area contributed by atoms with Crippen LogP contribution in [0.4, 0.5) is 10.6 Å². The molecule has 2 heterocycles. The van der Waals surface area contributed by atoms with E-state index in [2.05, 4.69) is 15.7 Å². The fraction of sp³-hybridized carbons (Fsp3) is 0.643. The summed E-state index contributed by atoms with van der Waals surface area (Å²) in [4.78, 5) is 25.7. The van der Waals surface area contributed by atoms with Crippen LogP contribution in [-0.4, -0.2) is 40.2 Å². The monoisotopic (exact) mass is 291 g/mol. The number of urea groups is 1. The summed E-state index contributed by atoms with van der Waals surface area (Å²) in [7, 11) is 1.56. The molecule has 1 aromatic rings. The molecule has 3 amide bonds. The largest absolute Gasteiger partial charge is 0.341 e. The van der Waals surface area contributed by atoms with Gasteiger partial charge in [0.15, 0.2) is 5.82 Å². The molecule has 0 saturated heterocycles. The van der Waals surface area contributed by atoms with Crippen LogP contribution in [0.1, 0.15) is 31.4 Å². The van der Waals surface area contributed by atoms with Crippen LogP contribution < -0.4 is 10.6 Å². The van der Waals surface area contributed by atoms with Crippen molar-refractivity contribution in [2.24, 2.45) is 5.92 Å². The highest BCUT2D eigenvalue weighted by atomic mass is 16.2. The zero-order chi connectivity index (χ0) is 14.8. The maximum Gasteiger partial charge on any atom is 0.320 e. The molecule has 0 bridgehead atoms. The van der Waals surface area contributed by atoms with Gasteiger partial charge in [-0.3, -0.25) is 14.8 Å². The van der Waals surface area contributed by atoms with Gasteiger partial charge in [0.05, 0.1) is 18.8 Å². The third-order valence-corrected chi connectivity index (χ3v) is 4.28. The summed E-state index contributed by atoms with van der Waals surface area (Å²) in [6.45, 7) is 1.96. The Morgan fingerprint density at radius 3 is 2.76 bits per heavy atom. The predicted octanol–water partition coefficient (Wildman–Crippen LogP) is 1.17. The predicted molar refractivity (Wildman–Crippen MR) is 77.7 cm³/mol. The van der Waals surface area contributed by atoms with Gasteiger partial charge in [-0.25, -0.2) is 4.79 Å². The Labute approximate surface area is 123 Å². The van der Waals surface area contributed by atoms with Gasteiger partial charge in [0.25, 0.3) is 0 Å². The Morgan fingerprint density at radius 2 is 2.05 bits per heavy atom. The molecular weight excluding hydrogens is 270 g/mol. The summed E-state index contributed by atoms with van der Waals surface area (Å²) in [5.41, 5.74) is 0.971. The Hall–Kier alpha value is -2.05. The standard InChI is InChI=1S/C14H21N5O2/c1-15-14(21)16-12-8-11-9-18(6-7-19(11)17-12)13(20)10-4-2-3-5-10/h8,10H,2-7,9H2,1H3,(H2,15,16,17,21). The van der Waals surface area contributed by atoms with Gasteiger partial charge in [-0.15, -0.1) is 0 Å². The van der Waals surface area contributed by atoms with E-state index in [1.54, 1.807) is 7.05 Å². The van der Waals surface area contributed by atoms with E-state index in [1.807, 2.05) is 15.6 Å². The molecule has 0 spiro atoms. The average Bonchev–Trinajstić information content (AvgIpc) is 3.14. The zero-order valence-electron chi connectivity index (χ0n) is 12.3. The number of amides is 3. The highest BCUT2D eigenvalue weighted by Gasteiger charge is 2.30. The third-order valence-electron chi connectivity index (χ3n) is 4.28. The molecule has 2 aliphatic rings. The number of carbonyl (C=O) groups is 2. The number of hydrogen-bond acceptors (Lipinski definition) is 3. The minimum absolute atomic E-state index is 0.211. The van der Waals surface area contributed by atoms with E-state index < -0.39 is 0 Å². The van der Waals surface area contributed by atoms with Gasteiger partial charge < -0.3 is 10.2 Å². The summed E-state index contributed by atoms with van der Waals surface area (Å²) in [5, 5.41) is 9.49. The van der Waals surface area contributed by atoms with Crippen molar-refractivity contribution >= 4 is 17.8 Å². The van der Waals surface area contributed by atoms with Crippen LogP contribution in [0.5, 0.6) is 0 Å². The van der Waals surface area contributed by atoms with Gasteiger partial charge >= 0.3 is 6.03 Å². The number of aromatic nitrogens is 2. The molecule has 21 heavy (non-hydrogen) atoms. The van der Waals surface area contributed by atoms with Gasteiger partial charge in [0.1, 0.15) is 0 Å². The van der Waals surface area contributed by atoms with Gasteiger partial charge in [0, 0.05) is 25.6 Å². The summed E-state index contributed by atoms with van der Waals surface area (Å²) in [5.74, 6) is 1.02. The van der Waals surface area contributed by atoms with Crippen molar-refractivity contribution in [3.63, 3.8) is 0 Å². The Kier molecular flexibility index (Phi) is 3.81. The maximum atomic E-state index is 12.5. The van der Waals surface area contributed by atoms with E-state index >= 15 is 0 Å². The van der Waals surface area contributed by atoms with E-state index in [9.17, 15) is 9.59 Å². The first-order valence-corrected chi connectivity index (χ1v) is 7.51. The maximum absolute atomic E-state index is 12.5. The van der Waals surface area contributed by atoms with Crippen molar-refractivity contribution in [2.75, 3.05) is 18.9 Å². The van der Waals surface area contributed by atoms with Crippen molar-refractivity contribution in [3.05, 3.63) is 11.8 Å². The lowest BCUT2D eigenvalue weighted by Gasteiger charge is -2.29. The molecule has 0 atom stereocenters. The SMILES string of the molecule is CNC(=O)Nc1cc2n(n1)CCN(C(=O)C1CCCC1)C2. The van der Waals surface area contributed by atoms with E-state index in [-0.39, 0.29) is 17.9 Å². The molecule has 1 aromatic heterocycles. The van der Waals surface area contributed by atoms with Crippen LogP contribution in [0.15, 0.2) is 6.07 Å². The first kappa shape index (κ1) is 13.9. The molecule has 1 aliphatic carbocycles. The smallest absolute Gasteiger partial charge is 0.320 e. The third kappa shape index (κ3) is 2.86. The number of hydrogen-bond donors (Lipinski definition) is 2. The van der Waals surface area contributed by atoms with Crippen LogP contribution in [-0.2, 0) is 17.9 Å². The van der Waals surface area contributed by atoms with E-state index in [1.165, 1.54) is 12.8 Å². The molecule has 1 saturated carbocycles. The van der Waals surface area contributed by atoms with E-state index in [4.69, 9.17) is 0 Å². The molecule has 0 unspecified atom stereocenters. The van der Waals surface area contributed by atoms with Crippen molar-refractivity contribution in [1.82, 2.24) is 20.0 Å². The summed E-state index contributed by atoms with van der Waals surface area (Å²) in [6, 6.07) is 1.55. The molecule has 0 aromatic carbocycles. The summed E-state index contributed by atoms with van der Waals surface area (Å²) >= 11 is 0. The minimum Gasteiger partial charge on any atom is -0.341 e. The second-order valence-electron chi connectivity index (χ2n) is 5.69. The quantitative estimate of drug-likeness (QED) is 0.858. The number of fused-ring (bicyclic) bond motifs is 1. The number of nitrogens with zero attached hydrogens (tertiary/aromatic N) is 3. The Balaban J connectivity index is 1.67. The van der Waals surface area contributed by atoms with Crippen molar-refractivity contribution < 1.29 is 9.59 Å². The van der Waals surface area contributed by atoms with Crippen LogP contribution in [0, 0.1) is 5.92 Å². The van der Waals surface area contributed by atoms with Crippen LogP contribution in [0.3, 0.4) is 0 Å². The second-order valence-corrected chi connectivity index (χ2v) is 5.69. The molecule has 1 aliphatic heterocycles. The number of anilines is 1.